The number of esters is 1. The summed E-state index contributed by atoms with van der Waals surface area (Å²) < 4.78 is 18.9. The number of pyridine rings is 1. The Bertz CT molecular complexity index is 1260. The Balaban J connectivity index is 1.37. The van der Waals surface area contributed by atoms with Gasteiger partial charge in [0.05, 0.1) is 17.3 Å². The van der Waals surface area contributed by atoms with Gasteiger partial charge in [0.15, 0.2) is 18.7 Å². The minimum atomic E-state index is -1.26. The van der Waals surface area contributed by atoms with E-state index in [2.05, 4.69) is 11.9 Å². The minimum Gasteiger partial charge on any atom is -0.454 e. The summed E-state index contributed by atoms with van der Waals surface area (Å²) in [7, 11) is 0. The topological polar surface area (TPSA) is 112 Å². The molecule has 2 bridgehead atoms. The molecule has 0 aromatic carbocycles. The SMILES string of the molecule is C/C=C/C1O[C@]2(C(=O)COC(=O)c3ccncc3)CC[C@@]3(O1)[C@@H]1CCC4=CC(=O)CC[C@]4(C)C1[C@@H](O)C[C@]23C. The van der Waals surface area contributed by atoms with Crippen molar-refractivity contribution < 1.29 is 33.7 Å². The van der Waals surface area contributed by atoms with Crippen LogP contribution in [0.15, 0.2) is 48.3 Å². The molecule has 5 aliphatic rings. The van der Waals surface area contributed by atoms with Gasteiger partial charge in [0.1, 0.15) is 5.60 Å². The predicted molar refractivity (Wildman–Crippen MR) is 140 cm³/mol. The van der Waals surface area contributed by atoms with Crippen molar-refractivity contribution in [3.63, 3.8) is 0 Å². The highest BCUT2D eigenvalue weighted by Gasteiger charge is 2.79. The number of aromatic nitrogens is 1. The highest BCUT2D eigenvalue weighted by Crippen LogP contribution is 2.73. The summed E-state index contributed by atoms with van der Waals surface area (Å²) in [6.07, 6.45) is 11.2. The van der Waals surface area contributed by atoms with E-state index >= 15 is 0 Å². The Labute approximate surface area is 228 Å². The number of ketones is 2. The maximum absolute atomic E-state index is 14.1. The molecule has 1 saturated heterocycles. The standard InChI is InChI=1S/C31H37NO7/c1-4-5-25-38-30-12-13-31(39-25,24(35)18-37-27(36)19-9-14-32-15-10-19)29(30,3)17-23(34)26-22(30)7-6-20-16-21(33)8-11-28(20,26)2/h4-5,9-10,14-16,22-23,25-26,34H,6-8,11-13,17-18H2,1-3H3/b5-4+/t22-,23+,25?,26?,28+,29+,30-,31+/m1/s1. The Morgan fingerprint density at radius 1 is 1.15 bits per heavy atom. The van der Waals surface area contributed by atoms with Gasteiger partial charge in [-0.3, -0.25) is 14.6 Å². The van der Waals surface area contributed by atoms with Gasteiger partial charge < -0.3 is 19.3 Å². The summed E-state index contributed by atoms with van der Waals surface area (Å²) in [4.78, 5) is 42.9. The summed E-state index contributed by atoms with van der Waals surface area (Å²) in [5.74, 6) is -0.824. The van der Waals surface area contributed by atoms with Crippen LogP contribution in [0.25, 0.3) is 0 Å². The molecule has 1 aromatic rings. The molecule has 3 saturated carbocycles. The zero-order chi connectivity index (χ0) is 27.6. The van der Waals surface area contributed by atoms with E-state index in [4.69, 9.17) is 14.2 Å². The maximum Gasteiger partial charge on any atom is 0.338 e. The number of rotatable bonds is 5. The molecule has 8 nitrogen and oxygen atoms in total. The van der Waals surface area contributed by atoms with E-state index in [0.29, 0.717) is 37.7 Å². The molecule has 0 spiro atoms. The Morgan fingerprint density at radius 2 is 1.92 bits per heavy atom. The number of hydrogen-bond donors (Lipinski definition) is 1. The fraction of sp³-hybridized carbons (Fsp3) is 0.613. The Hall–Kier alpha value is -2.68. The lowest BCUT2D eigenvalue weighted by molar-refractivity contribution is -0.365. The molecular formula is C31H37NO7. The highest BCUT2D eigenvalue weighted by atomic mass is 16.7. The first kappa shape index (κ1) is 26.5. The van der Waals surface area contributed by atoms with Crippen LogP contribution in [-0.4, -0.2) is 57.8 Å². The molecule has 39 heavy (non-hydrogen) atoms. The van der Waals surface area contributed by atoms with Crippen molar-refractivity contribution in [2.45, 2.75) is 89.3 Å². The normalized spacial score (nSPS) is 42.8. The molecule has 0 radical (unpaired) electrons. The lowest BCUT2D eigenvalue weighted by atomic mass is 9.43. The lowest BCUT2D eigenvalue weighted by Crippen LogP contribution is -2.74. The fourth-order valence-corrected chi connectivity index (χ4v) is 9.06. The van der Waals surface area contributed by atoms with Gasteiger partial charge in [0.25, 0.3) is 0 Å². The second-order valence-corrected chi connectivity index (χ2v) is 12.4. The van der Waals surface area contributed by atoms with E-state index in [1.807, 2.05) is 32.1 Å². The average Bonchev–Trinajstić information content (AvgIpc) is 3.04. The van der Waals surface area contributed by atoms with Gasteiger partial charge in [0, 0.05) is 24.2 Å². The third kappa shape index (κ3) is 3.60. The maximum atomic E-state index is 14.1. The van der Waals surface area contributed by atoms with E-state index in [1.165, 1.54) is 12.4 Å². The summed E-state index contributed by atoms with van der Waals surface area (Å²) in [6.45, 7) is 5.67. The molecule has 2 unspecified atom stereocenters. The first-order chi connectivity index (χ1) is 18.6. The molecule has 1 N–H and O–H groups in total. The number of Topliss-reactive ketones (excluding diaryl/α,β-unsaturated/α-hetero) is 1. The molecule has 0 amide bonds. The second-order valence-electron chi connectivity index (χ2n) is 12.4. The minimum absolute atomic E-state index is 0.00713. The summed E-state index contributed by atoms with van der Waals surface area (Å²) in [6, 6.07) is 3.09. The number of hydrogen-bond acceptors (Lipinski definition) is 8. The predicted octanol–water partition coefficient (Wildman–Crippen LogP) is 4.12. The molecule has 6 rings (SSSR count). The van der Waals surface area contributed by atoms with Gasteiger partial charge in [-0.2, -0.15) is 0 Å². The van der Waals surface area contributed by atoms with Crippen LogP contribution in [0.2, 0.25) is 0 Å². The molecule has 8 atom stereocenters. The largest absolute Gasteiger partial charge is 0.454 e. The monoisotopic (exact) mass is 535 g/mol. The molecule has 8 heteroatoms. The van der Waals surface area contributed by atoms with Crippen molar-refractivity contribution in [2.24, 2.45) is 22.7 Å². The van der Waals surface area contributed by atoms with Gasteiger partial charge in [-0.1, -0.05) is 25.5 Å². The van der Waals surface area contributed by atoms with E-state index in [0.717, 1.165) is 18.4 Å². The fourth-order valence-electron chi connectivity index (χ4n) is 9.06. The van der Waals surface area contributed by atoms with E-state index in [1.54, 1.807) is 12.1 Å². The molecule has 208 valence electrons. The van der Waals surface area contributed by atoms with Crippen LogP contribution in [0.1, 0.15) is 76.1 Å². The number of ether oxygens (including phenoxy) is 3. The van der Waals surface area contributed by atoms with Crippen LogP contribution in [0.4, 0.5) is 0 Å². The van der Waals surface area contributed by atoms with Gasteiger partial charge in [-0.15, -0.1) is 0 Å². The number of allylic oxidation sites excluding steroid dienone is 2. The molecule has 1 aliphatic heterocycles. The summed E-state index contributed by atoms with van der Waals surface area (Å²) in [5, 5.41) is 11.8. The second kappa shape index (κ2) is 9.18. The third-order valence-corrected chi connectivity index (χ3v) is 10.9. The van der Waals surface area contributed by atoms with Crippen LogP contribution < -0.4 is 0 Å². The summed E-state index contributed by atoms with van der Waals surface area (Å²) >= 11 is 0. The van der Waals surface area contributed by atoms with Gasteiger partial charge in [-0.05, 0) is 87.0 Å². The number of nitrogens with zero attached hydrogens (tertiary/aromatic N) is 1. The van der Waals surface area contributed by atoms with Gasteiger partial charge in [-0.25, -0.2) is 4.79 Å². The van der Waals surface area contributed by atoms with Crippen LogP contribution in [-0.2, 0) is 23.8 Å². The first-order valence-corrected chi connectivity index (χ1v) is 14.1. The van der Waals surface area contributed by atoms with Crippen molar-refractivity contribution in [1.29, 1.82) is 0 Å². The van der Waals surface area contributed by atoms with Crippen molar-refractivity contribution in [1.82, 2.24) is 4.98 Å². The van der Waals surface area contributed by atoms with Gasteiger partial charge >= 0.3 is 5.97 Å². The van der Waals surface area contributed by atoms with Crippen LogP contribution >= 0.6 is 0 Å². The van der Waals surface area contributed by atoms with Crippen molar-refractivity contribution in [3.05, 3.63) is 53.9 Å². The van der Waals surface area contributed by atoms with Crippen molar-refractivity contribution in [3.8, 4) is 0 Å². The van der Waals surface area contributed by atoms with Crippen LogP contribution in [0, 0.1) is 22.7 Å². The van der Waals surface area contributed by atoms with E-state index < -0.39 is 41.6 Å². The van der Waals surface area contributed by atoms with Crippen molar-refractivity contribution in [2.75, 3.05) is 6.61 Å². The van der Waals surface area contributed by atoms with E-state index in [-0.39, 0.29) is 28.8 Å². The molecule has 4 aliphatic carbocycles. The number of carbonyl (C=O) groups excluding carboxylic acids is 3. The summed E-state index contributed by atoms with van der Waals surface area (Å²) in [5.41, 5.74) is -1.61. The van der Waals surface area contributed by atoms with Gasteiger partial charge in [0.2, 0.25) is 5.78 Å². The third-order valence-electron chi connectivity index (χ3n) is 10.9. The van der Waals surface area contributed by atoms with E-state index in [9.17, 15) is 19.5 Å². The number of fused-ring (bicyclic) bond motifs is 3. The van der Waals surface area contributed by atoms with Crippen LogP contribution in [0.3, 0.4) is 0 Å². The molecular weight excluding hydrogens is 498 g/mol. The molecule has 2 heterocycles. The Morgan fingerprint density at radius 3 is 2.67 bits per heavy atom. The zero-order valence-electron chi connectivity index (χ0n) is 22.9. The van der Waals surface area contributed by atoms with Crippen LogP contribution in [0.5, 0.6) is 0 Å². The number of aliphatic hydroxyl groups is 1. The molecule has 4 fully saturated rings. The average molecular weight is 536 g/mol. The number of aliphatic hydroxyl groups excluding tert-OH is 1. The smallest absolute Gasteiger partial charge is 0.338 e. The van der Waals surface area contributed by atoms with Crippen molar-refractivity contribution >= 4 is 17.5 Å². The zero-order valence-corrected chi connectivity index (χ0v) is 22.9. The first-order valence-electron chi connectivity index (χ1n) is 14.1. The molecule has 1 aromatic heterocycles. The highest BCUT2D eigenvalue weighted by molar-refractivity contribution is 5.95. The quantitative estimate of drug-likeness (QED) is 0.443. The number of carbonyl (C=O) groups is 3. The lowest BCUT2D eigenvalue weighted by Gasteiger charge is -2.67. The Kier molecular flexibility index (Phi) is 6.25.